The van der Waals surface area contributed by atoms with E-state index in [0.717, 1.165) is 77.1 Å². The Labute approximate surface area is 290 Å². The third-order valence-corrected chi connectivity index (χ3v) is 13.0. The number of alkyl carbamates (subject to hydrolysis) is 1. The Balaban J connectivity index is 1.02. The lowest BCUT2D eigenvalue weighted by Crippen LogP contribution is -2.55. The monoisotopic (exact) mass is 684 g/mol. The largest absolute Gasteiger partial charge is 0.446 e. The molecule has 1 aliphatic carbocycles. The third-order valence-electron chi connectivity index (χ3n) is 11.3. The van der Waals surface area contributed by atoms with Gasteiger partial charge in [-0.3, -0.25) is 4.68 Å². The average Bonchev–Trinajstić information content (AvgIpc) is 3.89. The SMILES string of the molecule is CNC(=O)O[C@@H]1CCC[C@H]1C(Cn1cccc1)(c1ccccc1)C1CCN(CC2CN(c3ccc(S(=O)(=O)c4cnn(C)c4)cc3)C2)CC1. The van der Waals surface area contributed by atoms with Gasteiger partial charge in [0.05, 0.1) is 11.1 Å². The van der Waals surface area contributed by atoms with Crippen LogP contribution < -0.4 is 10.2 Å². The lowest BCUT2D eigenvalue weighted by molar-refractivity contribution is 0.00209. The van der Waals surface area contributed by atoms with E-state index in [-0.39, 0.29) is 33.3 Å². The summed E-state index contributed by atoms with van der Waals surface area (Å²) in [7, 11) is -0.223. The number of aryl methyl sites for hydroxylation is 1. The number of carbonyl (C=O) groups is 1. The van der Waals surface area contributed by atoms with Gasteiger partial charge in [-0.25, -0.2) is 13.2 Å². The maximum Gasteiger partial charge on any atom is 0.407 e. The molecule has 7 rings (SSSR count). The van der Waals surface area contributed by atoms with Gasteiger partial charge in [-0.1, -0.05) is 30.3 Å². The third kappa shape index (κ3) is 6.75. The number of nitrogens with one attached hydrogen (secondary N) is 1. The molecule has 10 nitrogen and oxygen atoms in total. The van der Waals surface area contributed by atoms with Crippen LogP contribution in [0.1, 0.15) is 37.7 Å². The van der Waals surface area contributed by atoms with Crippen LogP contribution in [-0.2, 0) is 33.6 Å². The number of rotatable bonds is 11. The van der Waals surface area contributed by atoms with Gasteiger partial charge in [0.15, 0.2) is 0 Å². The van der Waals surface area contributed by atoms with Crippen LogP contribution in [0.25, 0.3) is 0 Å². The fourth-order valence-electron chi connectivity index (χ4n) is 8.87. The van der Waals surface area contributed by atoms with E-state index in [4.69, 9.17) is 4.74 Å². The van der Waals surface area contributed by atoms with Crippen molar-refractivity contribution < 1.29 is 17.9 Å². The highest BCUT2D eigenvalue weighted by atomic mass is 32.2. The van der Waals surface area contributed by atoms with E-state index in [9.17, 15) is 13.2 Å². The topological polar surface area (TPSA) is 102 Å². The summed E-state index contributed by atoms with van der Waals surface area (Å²) in [6.45, 7) is 5.98. The molecule has 3 fully saturated rings. The molecule has 1 saturated carbocycles. The normalized spacial score (nSPS) is 22.0. The van der Waals surface area contributed by atoms with Crippen molar-refractivity contribution in [1.82, 2.24) is 24.6 Å². The zero-order chi connectivity index (χ0) is 34.0. The number of carbonyl (C=O) groups excluding carboxylic acids is 1. The van der Waals surface area contributed by atoms with Gasteiger partial charge in [-0.05, 0) is 93.1 Å². The molecule has 11 heteroatoms. The maximum atomic E-state index is 13.0. The van der Waals surface area contributed by atoms with E-state index >= 15 is 0 Å². The summed E-state index contributed by atoms with van der Waals surface area (Å²) in [5, 5.41) is 6.71. The molecule has 1 N–H and O–H groups in total. The van der Waals surface area contributed by atoms with Gasteiger partial charge in [0.1, 0.15) is 11.0 Å². The minimum Gasteiger partial charge on any atom is -0.446 e. The molecule has 1 amide bonds. The molecule has 1 unspecified atom stereocenters. The molecule has 0 bridgehead atoms. The molecule has 2 aromatic heterocycles. The number of anilines is 1. The molecule has 2 aromatic carbocycles. The summed E-state index contributed by atoms with van der Waals surface area (Å²) in [4.78, 5) is 18.0. The van der Waals surface area contributed by atoms with Crippen molar-refractivity contribution in [3.63, 3.8) is 0 Å². The molecule has 4 aromatic rings. The van der Waals surface area contributed by atoms with Crippen LogP contribution in [0.3, 0.4) is 0 Å². The first-order valence-corrected chi connectivity index (χ1v) is 19.1. The number of hydrogen-bond donors (Lipinski definition) is 1. The highest BCUT2D eigenvalue weighted by Crippen LogP contribution is 2.52. The standard InChI is InChI=1S/C38H48N6O4S/c1-39-37(45)48-36-12-8-11-35(36)38(28-43-19-6-7-20-43,30-9-4-3-5-10-30)31-17-21-42(22-18-31)24-29-25-44(26-29)32-13-15-33(16-14-32)49(46,47)34-23-40-41(2)27-34/h3-7,9-10,13-16,19-20,23,27,29,31,35-36H,8,11-12,17-18,21-22,24-26,28H2,1-2H3,(H,39,45)/t35-,36-,38?/m1/s1. The molecule has 260 valence electrons. The van der Waals surface area contributed by atoms with Gasteiger partial charge < -0.3 is 24.4 Å². The molecular formula is C38H48N6O4S. The van der Waals surface area contributed by atoms with Crippen molar-refractivity contribution in [1.29, 1.82) is 0 Å². The molecule has 0 radical (unpaired) electrons. The van der Waals surface area contributed by atoms with Crippen molar-refractivity contribution in [3.05, 3.63) is 97.1 Å². The second-order valence-corrected chi connectivity index (χ2v) is 16.1. The van der Waals surface area contributed by atoms with E-state index in [1.807, 2.05) is 12.1 Å². The Morgan fingerprint density at radius 1 is 0.939 bits per heavy atom. The fourth-order valence-corrected chi connectivity index (χ4v) is 10.1. The molecule has 4 heterocycles. The summed E-state index contributed by atoms with van der Waals surface area (Å²) in [6.07, 6.45) is 12.0. The van der Waals surface area contributed by atoms with Crippen LogP contribution in [0.15, 0.2) is 101 Å². The van der Waals surface area contributed by atoms with E-state index in [1.165, 1.54) is 22.6 Å². The Hall–Kier alpha value is -4.09. The van der Waals surface area contributed by atoms with Crippen LogP contribution in [-0.4, -0.2) is 79.6 Å². The molecule has 3 aliphatic rings. The first-order valence-electron chi connectivity index (χ1n) is 17.6. The molecular weight excluding hydrogens is 637 g/mol. The number of nitrogens with zero attached hydrogens (tertiary/aromatic N) is 5. The zero-order valence-corrected chi connectivity index (χ0v) is 29.3. The minimum absolute atomic E-state index is 0.112. The Morgan fingerprint density at radius 3 is 2.31 bits per heavy atom. The van der Waals surface area contributed by atoms with E-state index < -0.39 is 9.84 Å². The molecule has 2 saturated heterocycles. The summed E-state index contributed by atoms with van der Waals surface area (Å²) in [5.41, 5.74) is 2.25. The Bertz CT molecular complexity index is 1800. The van der Waals surface area contributed by atoms with Crippen LogP contribution in [0.5, 0.6) is 0 Å². The fraction of sp³-hybridized carbons (Fsp3) is 0.474. The van der Waals surface area contributed by atoms with Gasteiger partial charge >= 0.3 is 6.09 Å². The van der Waals surface area contributed by atoms with Crippen molar-refractivity contribution in [2.45, 2.75) is 60.0 Å². The summed E-state index contributed by atoms with van der Waals surface area (Å²) >= 11 is 0. The highest BCUT2D eigenvalue weighted by molar-refractivity contribution is 7.91. The molecule has 49 heavy (non-hydrogen) atoms. The van der Waals surface area contributed by atoms with Crippen molar-refractivity contribution in [3.8, 4) is 0 Å². The summed E-state index contributed by atoms with van der Waals surface area (Å²) in [5.74, 6) is 1.26. The quantitative estimate of drug-likeness (QED) is 0.227. The number of amides is 1. The summed E-state index contributed by atoms with van der Waals surface area (Å²) < 4.78 is 35.9. The number of aromatic nitrogens is 3. The summed E-state index contributed by atoms with van der Waals surface area (Å²) in [6, 6.07) is 22.5. The van der Waals surface area contributed by atoms with E-state index in [1.54, 1.807) is 26.2 Å². The van der Waals surface area contributed by atoms with Gasteiger partial charge in [0.25, 0.3) is 0 Å². The number of benzene rings is 2. The first kappa shape index (κ1) is 33.4. The number of ether oxygens (including phenoxy) is 1. The van der Waals surface area contributed by atoms with Crippen LogP contribution in [0, 0.1) is 17.8 Å². The van der Waals surface area contributed by atoms with Crippen molar-refractivity contribution in [2.24, 2.45) is 24.8 Å². The predicted molar refractivity (Wildman–Crippen MR) is 189 cm³/mol. The molecule has 2 aliphatic heterocycles. The highest BCUT2D eigenvalue weighted by Gasteiger charge is 2.53. The van der Waals surface area contributed by atoms with E-state index in [2.05, 4.69) is 79.6 Å². The van der Waals surface area contributed by atoms with Crippen LogP contribution in [0.4, 0.5) is 10.5 Å². The minimum atomic E-state index is -3.58. The van der Waals surface area contributed by atoms with Gasteiger partial charge in [-0.15, -0.1) is 0 Å². The average molecular weight is 685 g/mol. The smallest absolute Gasteiger partial charge is 0.407 e. The Morgan fingerprint density at radius 2 is 1.65 bits per heavy atom. The number of likely N-dealkylation sites (tertiary alicyclic amines) is 1. The predicted octanol–water partition coefficient (Wildman–Crippen LogP) is 5.37. The van der Waals surface area contributed by atoms with Crippen molar-refractivity contribution in [2.75, 3.05) is 44.7 Å². The lowest BCUT2D eigenvalue weighted by atomic mass is 9.58. The van der Waals surface area contributed by atoms with Gasteiger partial charge in [0.2, 0.25) is 9.84 Å². The number of piperidine rings is 1. The lowest BCUT2D eigenvalue weighted by Gasteiger charge is -2.51. The van der Waals surface area contributed by atoms with Crippen LogP contribution in [0.2, 0.25) is 0 Å². The van der Waals surface area contributed by atoms with Gasteiger partial charge in [-0.2, -0.15) is 5.10 Å². The zero-order valence-electron chi connectivity index (χ0n) is 28.5. The van der Waals surface area contributed by atoms with E-state index in [0.29, 0.717) is 11.8 Å². The maximum absolute atomic E-state index is 13.0. The second kappa shape index (κ2) is 14.0. The second-order valence-electron chi connectivity index (χ2n) is 14.2. The number of hydrogen-bond acceptors (Lipinski definition) is 7. The van der Waals surface area contributed by atoms with Crippen molar-refractivity contribution >= 4 is 21.6 Å². The number of sulfone groups is 1. The first-order chi connectivity index (χ1) is 23.8. The van der Waals surface area contributed by atoms with Crippen LogP contribution >= 0.6 is 0 Å². The van der Waals surface area contributed by atoms with Gasteiger partial charge in [0, 0.05) is 81.8 Å². The molecule has 0 spiro atoms. The Kier molecular flexibility index (Phi) is 9.57. The molecule has 3 atom stereocenters.